The zero-order valence-electron chi connectivity index (χ0n) is 11.4. The van der Waals surface area contributed by atoms with Crippen LogP contribution in [0.4, 0.5) is 10.3 Å². The Bertz CT molecular complexity index is 450. The molecule has 5 heteroatoms. The molecule has 2 rings (SSSR count). The molecule has 0 radical (unpaired) electrons. The van der Waals surface area contributed by atoms with Crippen LogP contribution in [0.5, 0.6) is 5.88 Å². The Morgan fingerprint density at radius 2 is 2.21 bits per heavy atom. The van der Waals surface area contributed by atoms with E-state index in [0.29, 0.717) is 30.9 Å². The lowest BCUT2D eigenvalue weighted by atomic mass is 9.85. The number of aromatic nitrogens is 2. The van der Waals surface area contributed by atoms with Crippen molar-refractivity contribution in [1.29, 1.82) is 0 Å². The molecule has 1 N–H and O–H groups in total. The van der Waals surface area contributed by atoms with Crippen LogP contribution in [-0.2, 0) is 0 Å². The zero-order chi connectivity index (χ0) is 13.7. The van der Waals surface area contributed by atoms with Gasteiger partial charge in [0, 0.05) is 6.54 Å². The molecule has 104 valence electrons. The van der Waals surface area contributed by atoms with E-state index in [0.717, 1.165) is 19.0 Å². The number of nitrogens with one attached hydrogen (secondary N) is 1. The van der Waals surface area contributed by atoms with Crippen molar-refractivity contribution in [2.45, 2.75) is 26.7 Å². The van der Waals surface area contributed by atoms with Crippen molar-refractivity contribution in [2.24, 2.45) is 11.8 Å². The highest BCUT2D eigenvalue weighted by Crippen LogP contribution is 2.26. The molecule has 1 aromatic rings. The zero-order valence-corrected chi connectivity index (χ0v) is 11.4. The summed E-state index contributed by atoms with van der Waals surface area (Å²) in [5, 5.41) is 2.94. The van der Waals surface area contributed by atoms with Gasteiger partial charge in [-0.05, 0) is 31.6 Å². The summed E-state index contributed by atoms with van der Waals surface area (Å²) in [6.45, 7) is 5.31. The van der Waals surface area contributed by atoms with E-state index < -0.39 is 5.82 Å². The van der Waals surface area contributed by atoms with Crippen molar-refractivity contribution >= 4 is 5.95 Å². The van der Waals surface area contributed by atoms with Crippen LogP contribution in [0.3, 0.4) is 0 Å². The van der Waals surface area contributed by atoms with E-state index in [2.05, 4.69) is 34.4 Å². The molecule has 4 nitrogen and oxygen atoms in total. The molecule has 0 bridgehead atoms. The third kappa shape index (κ3) is 3.66. The van der Waals surface area contributed by atoms with Crippen molar-refractivity contribution in [3.8, 4) is 5.88 Å². The number of anilines is 1. The molecule has 1 heterocycles. The normalized spacial score (nSPS) is 22.3. The topological polar surface area (TPSA) is 47.0 Å². The average molecular weight is 265 g/mol. The van der Waals surface area contributed by atoms with E-state index in [-0.39, 0.29) is 5.88 Å². The maximum absolute atomic E-state index is 13.6. The molecule has 0 aromatic carbocycles. The molecule has 0 saturated carbocycles. The molecule has 2 atom stereocenters. The first-order chi connectivity index (χ1) is 9.20. The van der Waals surface area contributed by atoms with Gasteiger partial charge in [0.05, 0.1) is 12.8 Å². The summed E-state index contributed by atoms with van der Waals surface area (Å²) in [5.74, 6) is 0.897. The Morgan fingerprint density at radius 1 is 1.42 bits per heavy atom. The number of hydrogen-bond donors (Lipinski definition) is 1. The molecule has 0 amide bonds. The fraction of sp³-hybridized carbons (Fsp3) is 0.571. The minimum atomic E-state index is -0.513. The maximum Gasteiger partial charge on any atom is 0.255 e. The molecule has 1 aliphatic carbocycles. The van der Waals surface area contributed by atoms with E-state index in [9.17, 15) is 4.39 Å². The molecule has 0 aliphatic heterocycles. The van der Waals surface area contributed by atoms with Crippen molar-refractivity contribution in [1.82, 2.24) is 9.97 Å². The third-order valence-electron chi connectivity index (χ3n) is 3.40. The van der Waals surface area contributed by atoms with E-state index >= 15 is 0 Å². The molecule has 0 spiro atoms. The van der Waals surface area contributed by atoms with Crippen LogP contribution in [0.1, 0.15) is 26.7 Å². The summed E-state index contributed by atoms with van der Waals surface area (Å²) in [7, 11) is 0. The Balaban J connectivity index is 1.98. The first-order valence-electron chi connectivity index (χ1n) is 6.75. The summed E-state index contributed by atoms with van der Waals surface area (Å²) in [4.78, 5) is 7.88. The van der Waals surface area contributed by atoms with Crippen LogP contribution < -0.4 is 10.1 Å². The molecular weight excluding hydrogens is 245 g/mol. The summed E-state index contributed by atoms with van der Waals surface area (Å²) in [6.07, 6.45) is 7.53. The van der Waals surface area contributed by atoms with Gasteiger partial charge in [-0.25, -0.2) is 4.98 Å². The van der Waals surface area contributed by atoms with Gasteiger partial charge in [-0.15, -0.1) is 0 Å². The number of allylic oxidation sites excluding steroid dienone is 2. The van der Waals surface area contributed by atoms with Gasteiger partial charge >= 0.3 is 0 Å². The Labute approximate surface area is 113 Å². The second-order valence-corrected chi connectivity index (χ2v) is 4.87. The van der Waals surface area contributed by atoms with E-state index in [1.807, 2.05) is 6.92 Å². The van der Waals surface area contributed by atoms with Crippen molar-refractivity contribution in [3.63, 3.8) is 0 Å². The highest BCUT2D eigenvalue weighted by Gasteiger charge is 2.20. The molecule has 2 unspecified atom stereocenters. The molecular formula is C14H20FN3O. The molecule has 0 fully saturated rings. The van der Waals surface area contributed by atoms with Gasteiger partial charge in [0.2, 0.25) is 11.8 Å². The first-order valence-corrected chi connectivity index (χ1v) is 6.75. The van der Waals surface area contributed by atoms with Gasteiger partial charge in [-0.1, -0.05) is 19.1 Å². The van der Waals surface area contributed by atoms with Gasteiger partial charge in [0.15, 0.2) is 0 Å². The summed E-state index contributed by atoms with van der Waals surface area (Å²) in [5.41, 5.74) is 0. The van der Waals surface area contributed by atoms with Crippen LogP contribution in [0.25, 0.3) is 0 Å². The fourth-order valence-corrected chi connectivity index (χ4v) is 2.12. The van der Waals surface area contributed by atoms with Crippen molar-refractivity contribution in [3.05, 3.63) is 24.2 Å². The Hall–Kier alpha value is -1.65. The monoisotopic (exact) mass is 265 g/mol. The molecule has 0 saturated heterocycles. The summed E-state index contributed by atoms with van der Waals surface area (Å²) >= 11 is 0. The van der Waals surface area contributed by atoms with Crippen molar-refractivity contribution < 1.29 is 9.13 Å². The number of ether oxygens (including phenoxy) is 1. The number of hydrogen-bond acceptors (Lipinski definition) is 4. The van der Waals surface area contributed by atoms with E-state index in [4.69, 9.17) is 4.74 Å². The lowest BCUT2D eigenvalue weighted by molar-refractivity contribution is 0.186. The SMILES string of the molecule is CCNc1ncc(F)c(OCC2CC=CCC2C)n1. The second kappa shape index (κ2) is 6.50. The molecule has 1 aliphatic rings. The van der Waals surface area contributed by atoms with Crippen LogP contribution in [0, 0.1) is 17.7 Å². The van der Waals surface area contributed by atoms with Crippen LogP contribution in [0.15, 0.2) is 18.3 Å². The van der Waals surface area contributed by atoms with Gasteiger partial charge in [-0.2, -0.15) is 9.37 Å². The minimum Gasteiger partial charge on any atom is -0.475 e. The molecule has 1 aromatic heterocycles. The lowest BCUT2D eigenvalue weighted by Gasteiger charge is -2.24. The predicted octanol–water partition coefficient (Wildman–Crippen LogP) is 3.03. The fourth-order valence-electron chi connectivity index (χ4n) is 2.12. The number of halogens is 1. The average Bonchev–Trinajstić information content (AvgIpc) is 2.41. The Morgan fingerprint density at radius 3 is 2.95 bits per heavy atom. The smallest absolute Gasteiger partial charge is 0.255 e. The minimum absolute atomic E-state index is 0.0349. The first kappa shape index (κ1) is 13.8. The third-order valence-corrected chi connectivity index (χ3v) is 3.40. The largest absolute Gasteiger partial charge is 0.475 e. The van der Waals surface area contributed by atoms with Gasteiger partial charge in [-0.3, -0.25) is 0 Å². The van der Waals surface area contributed by atoms with E-state index in [1.54, 1.807) is 0 Å². The summed E-state index contributed by atoms with van der Waals surface area (Å²) in [6, 6.07) is 0. The predicted molar refractivity (Wildman–Crippen MR) is 72.7 cm³/mol. The standard InChI is InChI=1S/C14H20FN3O/c1-3-16-14-17-8-12(15)13(18-14)19-9-11-7-5-4-6-10(11)2/h4-5,8,10-11H,3,6-7,9H2,1-2H3,(H,16,17,18). The molecule has 19 heavy (non-hydrogen) atoms. The van der Waals surface area contributed by atoms with Gasteiger partial charge in [0.25, 0.3) is 5.88 Å². The van der Waals surface area contributed by atoms with Crippen molar-refractivity contribution in [2.75, 3.05) is 18.5 Å². The van der Waals surface area contributed by atoms with Crippen LogP contribution in [-0.4, -0.2) is 23.1 Å². The summed E-state index contributed by atoms with van der Waals surface area (Å²) < 4.78 is 19.1. The van der Waals surface area contributed by atoms with Gasteiger partial charge < -0.3 is 10.1 Å². The van der Waals surface area contributed by atoms with E-state index in [1.165, 1.54) is 0 Å². The van der Waals surface area contributed by atoms with Gasteiger partial charge in [0.1, 0.15) is 0 Å². The highest BCUT2D eigenvalue weighted by molar-refractivity contribution is 5.28. The quantitative estimate of drug-likeness (QED) is 0.831. The number of nitrogens with zero attached hydrogens (tertiary/aromatic N) is 2. The second-order valence-electron chi connectivity index (χ2n) is 4.87. The highest BCUT2D eigenvalue weighted by atomic mass is 19.1. The van der Waals surface area contributed by atoms with Crippen LogP contribution >= 0.6 is 0 Å². The van der Waals surface area contributed by atoms with Crippen LogP contribution in [0.2, 0.25) is 0 Å². The Kier molecular flexibility index (Phi) is 4.71. The lowest BCUT2D eigenvalue weighted by Crippen LogP contribution is -2.21. The number of rotatable bonds is 5. The maximum atomic E-state index is 13.6.